The number of para-hydroxylation sites is 2. The maximum atomic E-state index is 6.24. The number of benzene rings is 8. The number of hydrogen-bond acceptors (Lipinski definition) is 4. The molecule has 0 fully saturated rings. The van der Waals surface area contributed by atoms with Crippen LogP contribution in [0.2, 0.25) is 0 Å². The molecule has 11 rings (SSSR count). The highest BCUT2D eigenvalue weighted by atomic mass is 16.3. The van der Waals surface area contributed by atoms with Crippen molar-refractivity contribution >= 4 is 90.2 Å². The van der Waals surface area contributed by atoms with Crippen molar-refractivity contribution in [2.75, 3.05) is 9.80 Å². The summed E-state index contributed by atoms with van der Waals surface area (Å²) in [5.41, 5.74) is 16.8. The van der Waals surface area contributed by atoms with E-state index in [0.29, 0.717) is 0 Å². The molecule has 0 amide bonds. The minimum absolute atomic E-state index is 0.296. The highest BCUT2D eigenvalue weighted by Crippen LogP contribution is 2.53. The maximum absolute atomic E-state index is 6.24. The molecule has 0 atom stereocenters. The van der Waals surface area contributed by atoms with Gasteiger partial charge in [-0.25, -0.2) is 0 Å². The molecule has 0 radical (unpaired) electrons. The van der Waals surface area contributed by atoms with Crippen LogP contribution in [0.3, 0.4) is 0 Å². The molecule has 0 saturated heterocycles. The molecule has 2 aromatic heterocycles. The summed E-state index contributed by atoms with van der Waals surface area (Å²) in [6.07, 6.45) is 3.81. The second kappa shape index (κ2) is 13.3. The second-order valence-electron chi connectivity index (χ2n) is 15.9. The predicted molar refractivity (Wildman–Crippen MR) is 248 cm³/mol. The number of anilines is 6. The zero-order valence-corrected chi connectivity index (χ0v) is 32.9. The third-order valence-corrected chi connectivity index (χ3v) is 12.1. The van der Waals surface area contributed by atoms with Crippen LogP contribution in [0.4, 0.5) is 34.1 Å². The third-order valence-electron chi connectivity index (χ3n) is 12.1. The van der Waals surface area contributed by atoms with E-state index in [1.807, 2.05) is 36.4 Å². The molecule has 4 heteroatoms. The van der Waals surface area contributed by atoms with Gasteiger partial charge in [0, 0.05) is 61.1 Å². The Balaban J connectivity index is 1.05. The highest BCUT2D eigenvalue weighted by molar-refractivity contribution is 6.08. The molecule has 1 aliphatic rings. The zero-order chi connectivity index (χ0) is 39.8. The van der Waals surface area contributed by atoms with Gasteiger partial charge in [-0.05, 0) is 130 Å². The van der Waals surface area contributed by atoms with Crippen LogP contribution in [0.25, 0.3) is 67.2 Å². The fourth-order valence-electron chi connectivity index (χ4n) is 9.17. The Bertz CT molecular complexity index is 3100. The smallest absolute Gasteiger partial charge is 0.135 e. The van der Waals surface area contributed by atoms with Crippen molar-refractivity contribution in [1.29, 1.82) is 0 Å². The van der Waals surface area contributed by atoms with Gasteiger partial charge in [0.2, 0.25) is 0 Å². The zero-order valence-electron chi connectivity index (χ0n) is 32.9. The topological polar surface area (TPSA) is 32.8 Å². The standard InChI is InChI=1S/C55H40N2O2/c1-5-35-13-11-15-37(29-35)56(39-23-27-53-47(31-39)45-17-7-9-19-51(45)58-53)41-21-25-43-44-26-22-42(34-50(44)55(3,4)49(43)33-41)57(38-16-12-14-36(6-2)30-38)40-24-28-54-48(32-40)46-18-8-10-20-52(46)59-54/h5-34H,1-2H2,3-4H3. The summed E-state index contributed by atoms with van der Waals surface area (Å²) in [4.78, 5) is 4.70. The van der Waals surface area contributed by atoms with E-state index in [4.69, 9.17) is 8.83 Å². The van der Waals surface area contributed by atoms with Gasteiger partial charge in [0.15, 0.2) is 0 Å². The first-order chi connectivity index (χ1) is 28.9. The molecule has 0 saturated carbocycles. The summed E-state index contributed by atoms with van der Waals surface area (Å²) >= 11 is 0. The molecule has 2 heterocycles. The molecule has 0 spiro atoms. The highest BCUT2D eigenvalue weighted by Gasteiger charge is 2.37. The fourth-order valence-corrected chi connectivity index (χ4v) is 9.17. The minimum Gasteiger partial charge on any atom is -0.456 e. The molecule has 8 aromatic carbocycles. The van der Waals surface area contributed by atoms with E-state index >= 15 is 0 Å². The Labute approximate surface area is 343 Å². The second-order valence-corrected chi connectivity index (χ2v) is 15.9. The lowest BCUT2D eigenvalue weighted by molar-refractivity contribution is 0.660. The third kappa shape index (κ3) is 5.52. The fraction of sp³-hybridized carbons (Fsp3) is 0.0545. The van der Waals surface area contributed by atoms with Crippen LogP contribution >= 0.6 is 0 Å². The average Bonchev–Trinajstić information content (AvgIpc) is 3.91. The number of fused-ring (bicyclic) bond motifs is 9. The quantitative estimate of drug-likeness (QED) is 0.154. The van der Waals surface area contributed by atoms with Crippen molar-refractivity contribution < 1.29 is 8.83 Å². The van der Waals surface area contributed by atoms with Crippen molar-refractivity contribution in [3.05, 3.63) is 205 Å². The number of rotatable bonds is 8. The summed E-state index contributed by atoms with van der Waals surface area (Å²) in [6.45, 7) is 12.9. The lowest BCUT2D eigenvalue weighted by Crippen LogP contribution is -2.17. The lowest BCUT2D eigenvalue weighted by atomic mass is 9.82. The van der Waals surface area contributed by atoms with Crippen LogP contribution in [-0.4, -0.2) is 0 Å². The van der Waals surface area contributed by atoms with Crippen molar-refractivity contribution in [3.63, 3.8) is 0 Å². The van der Waals surface area contributed by atoms with Gasteiger partial charge >= 0.3 is 0 Å². The van der Waals surface area contributed by atoms with Crippen LogP contribution in [0.5, 0.6) is 0 Å². The van der Waals surface area contributed by atoms with Crippen LogP contribution in [-0.2, 0) is 5.41 Å². The number of furan rings is 2. The minimum atomic E-state index is -0.296. The lowest BCUT2D eigenvalue weighted by Gasteiger charge is -2.29. The monoisotopic (exact) mass is 760 g/mol. The van der Waals surface area contributed by atoms with Crippen molar-refractivity contribution in [3.8, 4) is 11.1 Å². The Kier molecular flexibility index (Phi) is 7.79. The van der Waals surface area contributed by atoms with Gasteiger partial charge in [0.05, 0.1) is 0 Å². The van der Waals surface area contributed by atoms with Gasteiger partial charge in [0.1, 0.15) is 22.3 Å². The van der Waals surface area contributed by atoms with Crippen LogP contribution < -0.4 is 9.80 Å². The van der Waals surface area contributed by atoms with Crippen molar-refractivity contribution in [2.24, 2.45) is 0 Å². The normalized spacial score (nSPS) is 12.8. The van der Waals surface area contributed by atoms with Gasteiger partial charge in [-0.3, -0.25) is 0 Å². The van der Waals surface area contributed by atoms with Gasteiger partial charge in [-0.2, -0.15) is 0 Å². The van der Waals surface area contributed by atoms with Crippen LogP contribution in [0.1, 0.15) is 36.1 Å². The Morgan fingerprint density at radius 1 is 0.390 bits per heavy atom. The summed E-state index contributed by atoms with van der Waals surface area (Å²) in [5, 5.41) is 4.39. The number of hydrogen-bond donors (Lipinski definition) is 0. The van der Waals surface area contributed by atoms with E-state index in [1.165, 1.54) is 22.3 Å². The molecule has 0 unspecified atom stereocenters. The largest absolute Gasteiger partial charge is 0.456 e. The SMILES string of the molecule is C=Cc1cccc(N(c2ccc3c(c2)C(C)(C)c2cc(N(c4cccc(C=C)c4)c4ccc5oc6ccccc6c5c4)ccc2-3)c2ccc3oc4ccccc4c3c2)c1. The van der Waals surface area contributed by atoms with E-state index in [0.717, 1.165) is 89.1 Å². The first-order valence-electron chi connectivity index (χ1n) is 20.1. The molecule has 1 aliphatic carbocycles. The molecule has 0 aliphatic heterocycles. The van der Waals surface area contributed by atoms with Gasteiger partial charge in [-0.15, -0.1) is 0 Å². The summed E-state index contributed by atoms with van der Waals surface area (Å²) in [5.74, 6) is 0. The van der Waals surface area contributed by atoms with Crippen molar-refractivity contribution in [1.82, 2.24) is 0 Å². The van der Waals surface area contributed by atoms with E-state index in [9.17, 15) is 0 Å². The number of nitrogens with zero attached hydrogens (tertiary/aromatic N) is 2. The van der Waals surface area contributed by atoms with Crippen LogP contribution in [0, 0.1) is 0 Å². The molecule has 10 aromatic rings. The average molecular weight is 761 g/mol. The van der Waals surface area contributed by atoms with E-state index < -0.39 is 0 Å². The first-order valence-corrected chi connectivity index (χ1v) is 20.1. The predicted octanol–water partition coefficient (Wildman–Crippen LogP) is 16.0. The molecule has 4 nitrogen and oxygen atoms in total. The molecule has 0 bridgehead atoms. The molecule has 282 valence electrons. The van der Waals surface area contributed by atoms with E-state index in [-0.39, 0.29) is 5.41 Å². The Hall–Kier alpha value is -7.56. The first kappa shape index (κ1) is 34.7. The van der Waals surface area contributed by atoms with Crippen molar-refractivity contribution in [2.45, 2.75) is 19.3 Å². The Morgan fingerprint density at radius 3 is 1.24 bits per heavy atom. The van der Waals surface area contributed by atoms with Gasteiger partial charge in [0.25, 0.3) is 0 Å². The molecular weight excluding hydrogens is 721 g/mol. The Morgan fingerprint density at radius 2 is 0.780 bits per heavy atom. The summed E-state index contributed by atoms with van der Waals surface area (Å²) < 4.78 is 12.5. The summed E-state index contributed by atoms with van der Waals surface area (Å²) in [6, 6.07) is 60.5. The van der Waals surface area contributed by atoms with Gasteiger partial charge in [-0.1, -0.05) is 112 Å². The van der Waals surface area contributed by atoms with E-state index in [1.54, 1.807) is 0 Å². The molecule has 0 N–H and O–H groups in total. The van der Waals surface area contributed by atoms with E-state index in [2.05, 4.69) is 182 Å². The van der Waals surface area contributed by atoms with Gasteiger partial charge < -0.3 is 18.6 Å². The maximum Gasteiger partial charge on any atom is 0.135 e. The molecule has 59 heavy (non-hydrogen) atoms. The van der Waals surface area contributed by atoms with Crippen LogP contribution in [0.15, 0.2) is 192 Å². The molecular formula is C55H40N2O2. The summed E-state index contributed by atoms with van der Waals surface area (Å²) in [7, 11) is 0.